The third-order valence-electron chi connectivity index (χ3n) is 15.5. The molecule has 0 aromatic rings. The molecule has 102 heavy (non-hydrogen) atoms. The molecule has 17 nitrogen and oxygen atoms in total. The predicted molar refractivity (Wildman–Crippen MR) is 417 cm³/mol. The van der Waals surface area contributed by atoms with Gasteiger partial charge in [0.25, 0.3) is 0 Å². The van der Waals surface area contributed by atoms with E-state index in [1.54, 1.807) is 0 Å². The summed E-state index contributed by atoms with van der Waals surface area (Å²) in [7, 11) is -10.0. The lowest BCUT2D eigenvalue weighted by Crippen LogP contribution is -2.30. The Labute approximate surface area is 617 Å². The van der Waals surface area contributed by atoms with Crippen LogP contribution >= 0.6 is 15.6 Å². The fraction of sp³-hybridized carbons (Fsp3) is 0.639. The summed E-state index contributed by atoms with van der Waals surface area (Å²) in [5, 5.41) is 10.6. The summed E-state index contributed by atoms with van der Waals surface area (Å²) in [6.45, 7) is 4.40. The van der Waals surface area contributed by atoms with Crippen molar-refractivity contribution in [1.82, 2.24) is 0 Å². The topological polar surface area (TPSA) is 237 Å². The van der Waals surface area contributed by atoms with Gasteiger partial charge in [-0.3, -0.25) is 37.3 Å². The maximum absolute atomic E-state index is 13.1. The van der Waals surface area contributed by atoms with Gasteiger partial charge in [0.15, 0.2) is 12.2 Å². The maximum Gasteiger partial charge on any atom is 0.472 e. The summed E-state index contributed by atoms with van der Waals surface area (Å²) < 4.78 is 68.4. The molecule has 0 rings (SSSR count). The van der Waals surface area contributed by atoms with Crippen molar-refractivity contribution in [2.24, 2.45) is 0 Å². The number of phosphoric acid groups is 2. The second-order valence-corrected chi connectivity index (χ2v) is 28.1. The van der Waals surface area contributed by atoms with E-state index in [4.69, 9.17) is 37.0 Å². The van der Waals surface area contributed by atoms with Crippen molar-refractivity contribution in [3.63, 3.8) is 0 Å². The summed E-state index contributed by atoms with van der Waals surface area (Å²) >= 11 is 0. The van der Waals surface area contributed by atoms with Gasteiger partial charge < -0.3 is 33.8 Å². The van der Waals surface area contributed by atoms with Gasteiger partial charge in [-0.1, -0.05) is 263 Å². The summed E-state index contributed by atoms with van der Waals surface area (Å²) in [6.07, 6.45) is 85.4. The number of rotatable bonds is 71. The molecule has 0 aliphatic carbocycles. The predicted octanol–water partition coefficient (Wildman–Crippen LogP) is 22.4. The van der Waals surface area contributed by atoms with Crippen molar-refractivity contribution in [2.75, 3.05) is 39.6 Å². The highest BCUT2D eigenvalue weighted by Gasteiger charge is 2.30. The van der Waals surface area contributed by atoms with Crippen LogP contribution in [0.5, 0.6) is 0 Å². The average molecular weight is 1470 g/mol. The molecule has 0 amide bonds. The molecule has 0 spiro atoms. The van der Waals surface area contributed by atoms with Crippen molar-refractivity contribution in [1.29, 1.82) is 0 Å². The number of carbonyl (C=O) groups excluding carboxylic acids is 4. The van der Waals surface area contributed by atoms with Crippen LogP contribution in [0.1, 0.15) is 285 Å². The van der Waals surface area contributed by atoms with Gasteiger partial charge in [0.2, 0.25) is 0 Å². The Morgan fingerprint density at radius 3 is 0.912 bits per heavy atom. The standard InChI is InChI=1S/C83H136O17P2/c1-5-9-13-17-21-25-29-33-36-37-38-39-42-45-48-52-56-60-64-68-81(86)94-73-78(99-82(87)69-65-61-57-53-49-43-32-28-24-20-16-12-8-4)75-97-101(89,90)95-71-77(84)72-96-102(91,92)98-76-79(100-83(88)70-66-62-58-54-50-46-41-35-31-27-23-19-15-11-7-3)74-93-80(85)67-63-59-55-51-47-44-40-34-30-26-22-18-14-10-6-2/h9-10,13-14,16,20-22,25-26,28,32-36,38-41,45,47-48,51,56,60,77-79,84H,5-8,11-12,15,17-19,23-24,27,29-31,37,42-44,46,49-50,52-55,57-59,61-76H2,1-4H3,(H,89,90)(H,91,92)/b13-9-,14-10-,20-16-,25-21-,26-22-,32-28-,36-33-,39-38-,40-34-,41-35-,48-45-,51-47-,60-56-. The molecule has 0 aromatic heterocycles. The number of phosphoric ester groups is 2. The Kier molecular flexibility index (Phi) is 70.1. The van der Waals surface area contributed by atoms with Gasteiger partial charge >= 0.3 is 39.5 Å². The molecule has 580 valence electrons. The normalized spacial score (nSPS) is 14.8. The number of ether oxygens (including phenoxy) is 4. The van der Waals surface area contributed by atoms with Crippen molar-refractivity contribution in [2.45, 2.75) is 303 Å². The van der Waals surface area contributed by atoms with E-state index in [1.807, 2.05) is 18.2 Å². The number of unbranched alkanes of at least 4 members (excludes halogenated alkanes) is 19. The second-order valence-electron chi connectivity index (χ2n) is 25.2. The first-order valence-corrected chi connectivity index (χ1v) is 41.7. The molecule has 19 heteroatoms. The number of allylic oxidation sites excluding steroid dienone is 26. The van der Waals surface area contributed by atoms with E-state index in [2.05, 4.69) is 167 Å². The molecule has 0 radical (unpaired) electrons. The van der Waals surface area contributed by atoms with E-state index in [1.165, 1.54) is 38.5 Å². The van der Waals surface area contributed by atoms with Gasteiger partial charge in [-0.15, -0.1) is 0 Å². The van der Waals surface area contributed by atoms with Crippen molar-refractivity contribution in [3.05, 3.63) is 158 Å². The average Bonchev–Trinajstić information content (AvgIpc) is 0.908. The lowest BCUT2D eigenvalue weighted by Gasteiger charge is -2.21. The molecule has 0 saturated heterocycles. The van der Waals surface area contributed by atoms with Gasteiger partial charge in [-0.25, -0.2) is 9.13 Å². The van der Waals surface area contributed by atoms with Gasteiger partial charge in [-0.2, -0.15) is 0 Å². The molecule has 0 saturated carbocycles. The van der Waals surface area contributed by atoms with Gasteiger partial charge in [-0.05, 0) is 154 Å². The Balaban J connectivity index is 5.47. The highest BCUT2D eigenvalue weighted by Crippen LogP contribution is 2.45. The molecular formula is C83H136O17P2. The SMILES string of the molecule is CC/C=C\C/C=C\C/C=C\C/C=C\C/C=C\C/C=C\CCC(=O)OCC(COP(=O)(O)OCC(O)COP(=O)(O)OCC(COC(=O)CCCC/C=C\C/C=C\C/C=C\C/C=C\CC)OC(=O)CCCCCCC/C=C\CCCCCCCC)OC(=O)CCCCCCC/C=C\C/C=C\CCC. The summed E-state index contributed by atoms with van der Waals surface area (Å²) in [5.74, 6) is -2.36. The lowest BCUT2D eigenvalue weighted by atomic mass is 10.1. The van der Waals surface area contributed by atoms with Crippen LogP contribution in [0.25, 0.3) is 0 Å². The van der Waals surface area contributed by atoms with Crippen LogP contribution < -0.4 is 0 Å². The minimum absolute atomic E-state index is 0.0274. The first-order valence-electron chi connectivity index (χ1n) is 38.7. The van der Waals surface area contributed by atoms with E-state index in [0.29, 0.717) is 32.1 Å². The summed E-state index contributed by atoms with van der Waals surface area (Å²) in [4.78, 5) is 72.9. The van der Waals surface area contributed by atoms with E-state index in [-0.39, 0.29) is 25.7 Å². The third kappa shape index (κ3) is 73.0. The Morgan fingerprint density at radius 2 is 0.549 bits per heavy atom. The van der Waals surface area contributed by atoms with E-state index in [9.17, 15) is 43.2 Å². The number of hydrogen-bond acceptors (Lipinski definition) is 15. The third-order valence-corrected chi connectivity index (χ3v) is 17.4. The van der Waals surface area contributed by atoms with Crippen LogP contribution in [0, 0.1) is 0 Å². The minimum atomic E-state index is -5.00. The monoisotopic (exact) mass is 1470 g/mol. The highest BCUT2D eigenvalue weighted by molar-refractivity contribution is 7.47. The fourth-order valence-electron chi connectivity index (χ4n) is 9.62. The van der Waals surface area contributed by atoms with Crippen LogP contribution in [-0.2, 0) is 65.4 Å². The number of esters is 4. The zero-order valence-corrected chi connectivity index (χ0v) is 65.0. The number of aliphatic hydroxyl groups excluding tert-OH is 1. The van der Waals surface area contributed by atoms with E-state index in [0.717, 1.165) is 161 Å². The van der Waals surface area contributed by atoms with Crippen LogP contribution in [0.4, 0.5) is 0 Å². The molecule has 0 fully saturated rings. The van der Waals surface area contributed by atoms with Crippen molar-refractivity contribution in [3.8, 4) is 0 Å². The molecule has 0 aliphatic rings. The van der Waals surface area contributed by atoms with Crippen LogP contribution in [-0.4, -0.2) is 96.7 Å². The number of carbonyl (C=O) groups is 4. The highest BCUT2D eigenvalue weighted by atomic mass is 31.2. The van der Waals surface area contributed by atoms with Gasteiger partial charge in [0.1, 0.15) is 19.3 Å². The smallest absolute Gasteiger partial charge is 0.462 e. The summed E-state index contributed by atoms with van der Waals surface area (Å²) in [5.41, 5.74) is 0. The molecule has 5 unspecified atom stereocenters. The Bertz CT molecular complexity index is 2550. The quantitative estimate of drug-likeness (QED) is 0.0169. The lowest BCUT2D eigenvalue weighted by molar-refractivity contribution is -0.161. The Hall–Kier alpha value is -5.32. The van der Waals surface area contributed by atoms with Gasteiger partial charge in [0.05, 0.1) is 26.4 Å². The zero-order chi connectivity index (χ0) is 74.6. The second kappa shape index (κ2) is 74.0. The largest absolute Gasteiger partial charge is 0.472 e. The molecule has 0 aliphatic heterocycles. The first-order chi connectivity index (χ1) is 49.7. The fourth-order valence-corrected chi connectivity index (χ4v) is 11.2. The van der Waals surface area contributed by atoms with Gasteiger partial charge in [0, 0.05) is 25.7 Å². The Morgan fingerprint density at radius 1 is 0.284 bits per heavy atom. The maximum atomic E-state index is 13.1. The minimum Gasteiger partial charge on any atom is -0.462 e. The molecule has 0 heterocycles. The molecule has 3 N–H and O–H groups in total. The number of aliphatic hydroxyl groups is 1. The van der Waals surface area contributed by atoms with Crippen LogP contribution in [0.3, 0.4) is 0 Å². The molecular weight excluding hydrogens is 1330 g/mol. The van der Waals surface area contributed by atoms with Crippen molar-refractivity contribution < 1.29 is 80.2 Å². The number of hydrogen-bond donors (Lipinski definition) is 3. The summed E-state index contributed by atoms with van der Waals surface area (Å²) in [6, 6.07) is 0. The van der Waals surface area contributed by atoms with Crippen molar-refractivity contribution >= 4 is 39.5 Å². The van der Waals surface area contributed by atoms with E-state index < -0.39 is 97.5 Å². The van der Waals surface area contributed by atoms with Crippen LogP contribution in [0.15, 0.2) is 158 Å². The zero-order valence-electron chi connectivity index (χ0n) is 63.2. The molecule has 0 aromatic carbocycles. The van der Waals surface area contributed by atoms with E-state index >= 15 is 0 Å². The first kappa shape index (κ1) is 96.7. The molecule has 0 bridgehead atoms. The van der Waals surface area contributed by atoms with Crippen LogP contribution in [0.2, 0.25) is 0 Å². The molecule has 5 atom stereocenters.